The van der Waals surface area contributed by atoms with E-state index in [0.717, 1.165) is 34.4 Å². The van der Waals surface area contributed by atoms with E-state index in [-0.39, 0.29) is 10.9 Å². The minimum absolute atomic E-state index is 0.0365. The molecular weight excluding hydrogens is 388 g/mol. The second kappa shape index (κ2) is 7.76. The van der Waals surface area contributed by atoms with E-state index in [4.69, 9.17) is 0 Å². The minimum atomic E-state index is -0.428. The molecule has 1 N–H and O–H groups in total. The molecule has 4 rings (SSSR count). The third-order valence-electron chi connectivity index (χ3n) is 4.33. The summed E-state index contributed by atoms with van der Waals surface area (Å²) in [6.45, 7) is 2.00. The maximum atomic E-state index is 12.0. The lowest BCUT2D eigenvalue weighted by Gasteiger charge is -2.07. The summed E-state index contributed by atoms with van der Waals surface area (Å²) in [4.78, 5) is 27.7. The van der Waals surface area contributed by atoms with E-state index in [9.17, 15) is 14.9 Å². The summed E-state index contributed by atoms with van der Waals surface area (Å²) in [5.41, 5.74) is 3.54. The van der Waals surface area contributed by atoms with Gasteiger partial charge in [0.15, 0.2) is 0 Å². The maximum Gasteiger partial charge on any atom is 0.289 e. The van der Waals surface area contributed by atoms with Crippen molar-refractivity contribution in [2.75, 3.05) is 0 Å². The zero-order valence-corrected chi connectivity index (χ0v) is 16.2. The Hall–Kier alpha value is -3.65. The van der Waals surface area contributed by atoms with Crippen LogP contribution in [0.3, 0.4) is 0 Å². The van der Waals surface area contributed by atoms with Gasteiger partial charge in [-0.05, 0) is 61.2 Å². The number of aromatic nitrogens is 1. The Morgan fingerprint density at radius 1 is 1.10 bits per heavy atom. The number of nitro groups is 1. The molecule has 1 saturated heterocycles. The number of carbonyl (C=O) groups is 1. The van der Waals surface area contributed by atoms with E-state index in [1.165, 1.54) is 12.1 Å². The fourth-order valence-electron chi connectivity index (χ4n) is 2.88. The average Bonchev–Trinajstić information content (AvgIpc) is 3.30. The SMILES string of the molecule is Cc1ccc(N=C2NC(=O)S/C2=C\c2cccn2-c2ccc([N+](=O)[O-])cc2)cc1. The lowest BCUT2D eigenvalue weighted by atomic mass is 10.2. The van der Waals surface area contributed by atoms with Gasteiger partial charge < -0.3 is 9.88 Å². The van der Waals surface area contributed by atoms with Crippen LogP contribution >= 0.6 is 11.8 Å². The quantitative estimate of drug-likeness (QED) is 0.477. The largest absolute Gasteiger partial charge is 0.317 e. The molecule has 7 nitrogen and oxygen atoms in total. The number of hydrogen-bond acceptors (Lipinski definition) is 5. The number of nitrogens with one attached hydrogen (secondary N) is 1. The molecule has 0 radical (unpaired) electrons. The lowest BCUT2D eigenvalue weighted by molar-refractivity contribution is -0.384. The molecule has 0 atom stereocenters. The Morgan fingerprint density at radius 3 is 2.52 bits per heavy atom. The Balaban J connectivity index is 1.68. The Morgan fingerprint density at radius 2 is 1.83 bits per heavy atom. The van der Waals surface area contributed by atoms with Gasteiger partial charge in [0.1, 0.15) is 5.84 Å². The second-order valence-corrected chi connectivity index (χ2v) is 7.41. The molecule has 144 valence electrons. The first-order valence-electron chi connectivity index (χ1n) is 8.78. The molecule has 1 aliphatic heterocycles. The number of thioether (sulfide) groups is 1. The monoisotopic (exact) mass is 404 g/mol. The molecular formula is C21H16N4O3S. The van der Waals surface area contributed by atoms with Crippen LogP contribution in [0, 0.1) is 17.0 Å². The number of rotatable bonds is 4. The molecule has 0 unspecified atom stereocenters. The number of aliphatic imine (C=N–C) groups is 1. The van der Waals surface area contributed by atoms with E-state index in [0.29, 0.717) is 10.7 Å². The van der Waals surface area contributed by atoms with Crippen LogP contribution < -0.4 is 5.32 Å². The highest BCUT2D eigenvalue weighted by atomic mass is 32.2. The number of benzene rings is 2. The van der Waals surface area contributed by atoms with Crippen LogP contribution in [0.4, 0.5) is 16.2 Å². The van der Waals surface area contributed by atoms with Crippen molar-refractivity contribution in [1.82, 2.24) is 9.88 Å². The van der Waals surface area contributed by atoms with Crippen LogP contribution in [0.25, 0.3) is 11.8 Å². The van der Waals surface area contributed by atoms with Crippen molar-refractivity contribution in [3.05, 3.63) is 93.1 Å². The van der Waals surface area contributed by atoms with Crippen molar-refractivity contribution in [2.45, 2.75) is 6.92 Å². The van der Waals surface area contributed by atoms with Gasteiger partial charge in [-0.1, -0.05) is 17.7 Å². The van der Waals surface area contributed by atoms with Crippen molar-refractivity contribution in [1.29, 1.82) is 0 Å². The van der Waals surface area contributed by atoms with Gasteiger partial charge in [-0.2, -0.15) is 0 Å². The molecule has 1 aromatic heterocycles. The highest BCUT2D eigenvalue weighted by Gasteiger charge is 2.24. The standard InChI is InChI=1S/C21H16N4O3S/c1-14-4-6-15(7-5-14)22-20-19(29-21(26)23-20)13-18-3-2-12-24(18)16-8-10-17(11-9-16)25(27)28/h2-13H,1H3,(H,22,23,26)/b19-13-. The molecule has 0 aliphatic carbocycles. The first-order chi connectivity index (χ1) is 14.0. The van der Waals surface area contributed by atoms with Gasteiger partial charge in [0.2, 0.25) is 0 Å². The summed E-state index contributed by atoms with van der Waals surface area (Å²) in [6, 6.07) is 17.8. The van der Waals surface area contributed by atoms with Gasteiger partial charge in [0.05, 0.1) is 15.5 Å². The number of aryl methyl sites for hydroxylation is 1. The fraction of sp³-hybridized carbons (Fsp3) is 0.0476. The third kappa shape index (κ3) is 4.12. The average molecular weight is 404 g/mol. The lowest BCUT2D eigenvalue weighted by Crippen LogP contribution is -2.18. The van der Waals surface area contributed by atoms with Crippen LogP contribution in [-0.2, 0) is 0 Å². The van der Waals surface area contributed by atoms with Crippen molar-refractivity contribution in [2.24, 2.45) is 4.99 Å². The van der Waals surface area contributed by atoms with E-state index >= 15 is 0 Å². The van der Waals surface area contributed by atoms with Crippen molar-refractivity contribution in [3.8, 4) is 5.69 Å². The molecule has 0 bridgehead atoms. The first-order valence-corrected chi connectivity index (χ1v) is 9.60. The molecule has 3 aromatic rings. The van der Waals surface area contributed by atoms with E-state index in [1.54, 1.807) is 12.1 Å². The summed E-state index contributed by atoms with van der Waals surface area (Å²) in [5.74, 6) is 0.500. The summed E-state index contributed by atoms with van der Waals surface area (Å²) in [7, 11) is 0. The first kappa shape index (κ1) is 18.7. The van der Waals surface area contributed by atoms with Crippen molar-refractivity contribution >= 4 is 40.3 Å². The number of nitrogens with zero attached hydrogens (tertiary/aromatic N) is 3. The summed E-state index contributed by atoms with van der Waals surface area (Å²) in [6.07, 6.45) is 3.73. The van der Waals surface area contributed by atoms with Gasteiger partial charge in [0, 0.05) is 29.7 Å². The van der Waals surface area contributed by atoms with Crippen LogP contribution in [0.2, 0.25) is 0 Å². The second-order valence-electron chi connectivity index (χ2n) is 6.40. The molecule has 1 fully saturated rings. The molecule has 2 aromatic carbocycles. The maximum absolute atomic E-state index is 12.0. The van der Waals surface area contributed by atoms with Gasteiger partial charge >= 0.3 is 0 Å². The zero-order chi connectivity index (χ0) is 20.4. The van der Waals surface area contributed by atoms with Gasteiger partial charge in [0.25, 0.3) is 10.9 Å². The summed E-state index contributed by atoms with van der Waals surface area (Å²) >= 11 is 1.08. The molecule has 8 heteroatoms. The number of nitro benzene ring substituents is 1. The predicted molar refractivity (Wildman–Crippen MR) is 115 cm³/mol. The highest BCUT2D eigenvalue weighted by Crippen LogP contribution is 2.29. The van der Waals surface area contributed by atoms with Crippen molar-refractivity contribution < 1.29 is 9.72 Å². The van der Waals surface area contributed by atoms with E-state index in [2.05, 4.69) is 10.3 Å². The number of carbonyl (C=O) groups excluding carboxylic acids is 1. The molecule has 29 heavy (non-hydrogen) atoms. The number of amidine groups is 1. The Labute approximate surface area is 170 Å². The Bertz CT molecular complexity index is 1150. The number of amides is 1. The zero-order valence-electron chi connectivity index (χ0n) is 15.4. The van der Waals surface area contributed by atoms with Crippen LogP contribution in [0.15, 0.2) is 76.8 Å². The van der Waals surface area contributed by atoms with Crippen molar-refractivity contribution in [3.63, 3.8) is 0 Å². The highest BCUT2D eigenvalue weighted by molar-refractivity contribution is 8.18. The molecule has 0 spiro atoms. The van der Waals surface area contributed by atoms with Gasteiger partial charge in [-0.15, -0.1) is 0 Å². The van der Waals surface area contributed by atoms with E-state index in [1.807, 2.05) is 60.2 Å². The van der Waals surface area contributed by atoms with Gasteiger partial charge in [-0.3, -0.25) is 14.9 Å². The predicted octanol–water partition coefficient (Wildman–Crippen LogP) is 5.22. The number of non-ortho nitro benzene ring substituents is 1. The smallest absolute Gasteiger partial charge is 0.289 e. The van der Waals surface area contributed by atoms with Crippen LogP contribution in [0.5, 0.6) is 0 Å². The minimum Gasteiger partial charge on any atom is -0.317 e. The van der Waals surface area contributed by atoms with E-state index < -0.39 is 4.92 Å². The molecule has 1 aliphatic rings. The fourth-order valence-corrected chi connectivity index (χ4v) is 3.60. The summed E-state index contributed by atoms with van der Waals surface area (Å²) < 4.78 is 1.89. The van der Waals surface area contributed by atoms with Crippen LogP contribution in [0.1, 0.15) is 11.3 Å². The molecule has 1 amide bonds. The topological polar surface area (TPSA) is 89.5 Å². The molecule has 2 heterocycles. The number of hydrogen-bond donors (Lipinski definition) is 1. The third-order valence-corrected chi connectivity index (χ3v) is 5.15. The van der Waals surface area contributed by atoms with Gasteiger partial charge in [-0.25, -0.2) is 4.99 Å². The summed E-state index contributed by atoms with van der Waals surface area (Å²) in [5, 5.41) is 13.5. The molecule has 0 saturated carbocycles. The Kier molecular flexibility index (Phi) is 5.01. The van der Waals surface area contributed by atoms with Crippen LogP contribution in [-0.4, -0.2) is 20.6 Å². The normalized spacial score (nSPS) is 16.4.